The van der Waals surface area contributed by atoms with E-state index in [1.165, 1.54) is 12.1 Å². The highest BCUT2D eigenvalue weighted by molar-refractivity contribution is 5.69. The molecular weight excluding hydrogens is 287 g/mol. The van der Waals surface area contributed by atoms with E-state index in [1.54, 1.807) is 18.3 Å². The summed E-state index contributed by atoms with van der Waals surface area (Å²) >= 11 is 0. The predicted octanol–water partition coefficient (Wildman–Crippen LogP) is 5.60. The minimum Gasteiger partial charge on any atom is -0.256 e. The Morgan fingerprint density at radius 1 is 1.36 bits per heavy atom. The van der Waals surface area contributed by atoms with Gasteiger partial charge in [0.1, 0.15) is 12.5 Å². The maximum absolute atomic E-state index is 14.4. The maximum Gasteiger partial charge on any atom is 0.156 e. The lowest BCUT2D eigenvalue weighted by Crippen LogP contribution is -2.00. The Bertz CT molecular complexity index is 707. The van der Waals surface area contributed by atoms with Gasteiger partial charge in [0.05, 0.1) is 5.69 Å². The third-order valence-electron chi connectivity index (χ3n) is 3.70. The van der Waals surface area contributed by atoms with Crippen LogP contribution in [0.15, 0.2) is 36.5 Å². The zero-order valence-electron chi connectivity index (χ0n) is 12.8. The average molecular weight is 305 g/mol. The third-order valence-corrected chi connectivity index (χ3v) is 3.70. The van der Waals surface area contributed by atoms with Gasteiger partial charge in [0.25, 0.3) is 0 Å². The first-order chi connectivity index (χ1) is 10.5. The fourth-order valence-corrected chi connectivity index (χ4v) is 2.37. The molecule has 0 aliphatic heterocycles. The van der Waals surface area contributed by atoms with Crippen molar-refractivity contribution < 1.29 is 13.2 Å². The molecule has 0 N–H and O–H groups in total. The Hall–Kier alpha value is -2.10. The zero-order valence-corrected chi connectivity index (χ0v) is 12.8. The lowest BCUT2D eigenvalue weighted by atomic mass is 9.99. The van der Waals surface area contributed by atoms with Crippen molar-refractivity contribution in [1.29, 1.82) is 0 Å². The highest BCUT2D eigenvalue weighted by Gasteiger charge is 2.18. The first kappa shape index (κ1) is 16.3. The topological polar surface area (TPSA) is 12.9 Å². The van der Waals surface area contributed by atoms with Gasteiger partial charge in [0.2, 0.25) is 0 Å². The molecule has 116 valence electrons. The summed E-state index contributed by atoms with van der Waals surface area (Å²) < 4.78 is 40.4. The second-order valence-electron chi connectivity index (χ2n) is 5.19. The number of hydrogen-bond acceptors (Lipinski definition) is 1. The summed E-state index contributed by atoms with van der Waals surface area (Å²) in [6.45, 7) is 4.52. The standard InChI is InChI=1S/C18H18F3N/c1-4-11(2)18-12(3)8-13(10-22-18)14-6-5-7-15(17(14)21)16(20)9-19/h4-8,10,16H,9H2,1-3H3/b11-4-. The molecule has 2 aromatic rings. The van der Waals surface area contributed by atoms with E-state index in [2.05, 4.69) is 4.98 Å². The summed E-state index contributed by atoms with van der Waals surface area (Å²) in [5.41, 5.74) is 3.30. The van der Waals surface area contributed by atoms with E-state index in [1.807, 2.05) is 26.8 Å². The molecule has 1 heterocycles. The molecule has 2 rings (SSSR count). The summed E-state index contributed by atoms with van der Waals surface area (Å²) in [4.78, 5) is 4.36. The molecule has 0 aliphatic rings. The van der Waals surface area contributed by atoms with Crippen molar-refractivity contribution in [3.8, 4) is 11.1 Å². The van der Waals surface area contributed by atoms with Crippen LogP contribution in [-0.4, -0.2) is 11.7 Å². The van der Waals surface area contributed by atoms with Crippen LogP contribution in [0.5, 0.6) is 0 Å². The van der Waals surface area contributed by atoms with E-state index < -0.39 is 18.7 Å². The van der Waals surface area contributed by atoms with Gasteiger partial charge < -0.3 is 0 Å². The minimum atomic E-state index is -1.95. The molecule has 1 nitrogen and oxygen atoms in total. The van der Waals surface area contributed by atoms with Crippen LogP contribution in [0.1, 0.15) is 36.8 Å². The van der Waals surface area contributed by atoms with Crippen LogP contribution in [0.2, 0.25) is 0 Å². The largest absolute Gasteiger partial charge is 0.256 e. The molecule has 0 fully saturated rings. The second kappa shape index (κ2) is 6.77. The molecule has 0 saturated carbocycles. The molecule has 1 aromatic heterocycles. The van der Waals surface area contributed by atoms with E-state index in [9.17, 15) is 13.2 Å². The second-order valence-corrected chi connectivity index (χ2v) is 5.19. The summed E-state index contributed by atoms with van der Waals surface area (Å²) in [7, 11) is 0. The van der Waals surface area contributed by atoms with Gasteiger partial charge >= 0.3 is 0 Å². The van der Waals surface area contributed by atoms with Crippen molar-refractivity contribution in [2.75, 3.05) is 6.67 Å². The van der Waals surface area contributed by atoms with Crippen molar-refractivity contribution in [1.82, 2.24) is 4.98 Å². The number of hydrogen-bond donors (Lipinski definition) is 0. The number of benzene rings is 1. The van der Waals surface area contributed by atoms with Gasteiger partial charge in [-0.3, -0.25) is 4.98 Å². The summed E-state index contributed by atoms with van der Waals surface area (Å²) in [5, 5.41) is 0. The molecule has 1 aromatic carbocycles. The molecule has 0 radical (unpaired) electrons. The van der Waals surface area contributed by atoms with E-state index in [-0.39, 0.29) is 11.1 Å². The van der Waals surface area contributed by atoms with Crippen molar-refractivity contribution in [2.24, 2.45) is 0 Å². The smallest absolute Gasteiger partial charge is 0.156 e. The highest BCUT2D eigenvalue weighted by Crippen LogP contribution is 2.31. The number of aryl methyl sites for hydroxylation is 1. The van der Waals surface area contributed by atoms with E-state index in [0.717, 1.165) is 16.8 Å². The van der Waals surface area contributed by atoms with E-state index in [0.29, 0.717) is 5.56 Å². The Labute approximate surface area is 128 Å². The third kappa shape index (κ3) is 3.06. The first-order valence-electron chi connectivity index (χ1n) is 7.08. The average Bonchev–Trinajstić information content (AvgIpc) is 2.53. The summed E-state index contributed by atoms with van der Waals surface area (Å²) in [6.07, 6.45) is 1.56. The minimum absolute atomic E-state index is 0.230. The van der Waals surface area contributed by atoms with Crippen LogP contribution < -0.4 is 0 Å². The molecule has 4 heteroatoms. The van der Waals surface area contributed by atoms with Gasteiger partial charge in [-0.1, -0.05) is 24.3 Å². The van der Waals surface area contributed by atoms with Crippen LogP contribution in [0.3, 0.4) is 0 Å². The molecule has 22 heavy (non-hydrogen) atoms. The number of allylic oxidation sites excluding steroid dienone is 2. The van der Waals surface area contributed by atoms with Gasteiger partial charge in [0, 0.05) is 22.9 Å². The van der Waals surface area contributed by atoms with Crippen LogP contribution in [0.25, 0.3) is 16.7 Å². The molecule has 1 atom stereocenters. The number of rotatable bonds is 4. The summed E-state index contributed by atoms with van der Waals surface area (Å²) in [6, 6.07) is 6.14. The number of nitrogens with zero attached hydrogens (tertiary/aromatic N) is 1. The Morgan fingerprint density at radius 2 is 2.09 bits per heavy atom. The maximum atomic E-state index is 14.4. The lowest BCUT2D eigenvalue weighted by molar-refractivity contribution is 0.260. The predicted molar refractivity (Wildman–Crippen MR) is 83.5 cm³/mol. The fourth-order valence-electron chi connectivity index (χ4n) is 2.37. The number of aromatic nitrogens is 1. The van der Waals surface area contributed by atoms with Gasteiger partial charge in [-0.05, 0) is 38.0 Å². The number of halogens is 3. The quantitative estimate of drug-likeness (QED) is 0.716. The molecule has 0 saturated heterocycles. The molecule has 0 spiro atoms. The monoisotopic (exact) mass is 305 g/mol. The fraction of sp³-hybridized carbons (Fsp3) is 0.278. The highest BCUT2D eigenvalue weighted by atomic mass is 19.2. The molecule has 0 bridgehead atoms. The van der Waals surface area contributed by atoms with Crippen LogP contribution >= 0.6 is 0 Å². The zero-order chi connectivity index (χ0) is 16.3. The molecule has 1 unspecified atom stereocenters. The SMILES string of the molecule is C/C=C(/C)c1ncc(-c2cccc(C(F)CF)c2F)cc1C. The van der Waals surface area contributed by atoms with Gasteiger partial charge in [-0.2, -0.15) is 0 Å². The number of pyridine rings is 1. The van der Waals surface area contributed by atoms with Gasteiger partial charge in [-0.15, -0.1) is 0 Å². The molecule has 0 amide bonds. The summed E-state index contributed by atoms with van der Waals surface area (Å²) in [5.74, 6) is -0.732. The van der Waals surface area contributed by atoms with E-state index >= 15 is 0 Å². The van der Waals surface area contributed by atoms with Crippen LogP contribution in [0, 0.1) is 12.7 Å². The molecular formula is C18H18F3N. The lowest BCUT2D eigenvalue weighted by Gasteiger charge is -2.12. The number of alkyl halides is 2. The van der Waals surface area contributed by atoms with Crippen LogP contribution in [0.4, 0.5) is 13.2 Å². The van der Waals surface area contributed by atoms with Crippen molar-refractivity contribution in [3.05, 3.63) is 59.2 Å². The van der Waals surface area contributed by atoms with Crippen molar-refractivity contribution in [2.45, 2.75) is 26.9 Å². The van der Waals surface area contributed by atoms with E-state index in [4.69, 9.17) is 0 Å². The van der Waals surface area contributed by atoms with Crippen molar-refractivity contribution in [3.63, 3.8) is 0 Å². The molecule has 0 aliphatic carbocycles. The van der Waals surface area contributed by atoms with Crippen LogP contribution in [-0.2, 0) is 0 Å². The van der Waals surface area contributed by atoms with Gasteiger partial charge in [-0.25, -0.2) is 13.2 Å². The Kier molecular flexibility index (Phi) is 5.01. The van der Waals surface area contributed by atoms with Gasteiger partial charge in [0.15, 0.2) is 6.17 Å². The van der Waals surface area contributed by atoms with Crippen molar-refractivity contribution >= 4 is 5.57 Å². The first-order valence-corrected chi connectivity index (χ1v) is 7.08. The Balaban J connectivity index is 2.51. The Morgan fingerprint density at radius 3 is 2.68 bits per heavy atom. The normalized spacial score (nSPS) is 13.3.